The van der Waals surface area contributed by atoms with Crippen LogP contribution in [0, 0.1) is 5.92 Å². The minimum atomic E-state index is -1.17. The van der Waals surface area contributed by atoms with Crippen molar-refractivity contribution >= 4 is 28.7 Å². The molecule has 0 radical (unpaired) electrons. The van der Waals surface area contributed by atoms with E-state index in [4.69, 9.17) is 10.5 Å². The highest BCUT2D eigenvalue weighted by atomic mass is 16.6. The van der Waals surface area contributed by atoms with Crippen LogP contribution in [0.3, 0.4) is 0 Å². The van der Waals surface area contributed by atoms with Gasteiger partial charge < -0.3 is 36.2 Å². The summed E-state index contributed by atoms with van der Waals surface area (Å²) in [6.07, 6.45) is -0.268. The summed E-state index contributed by atoms with van der Waals surface area (Å²) >= 11 is 0. The number of benzene rings is 1. The number of aromatic nitrogens is 4. The van der Waals surface area contributed by atoms with E-state index in [9.17, 15) is 15.0 Å². The maximum absolute atomic E-state index is 12.7. The number of urea groups is 1. The molecule has 3 aromatic rings. The van der Waals surface area contributed by atoms with E-state index in [1.807, 2.05) is 36.2 Å². The standard InChI is InChI=1S/C28H42N8O4/c1-16(2)19(34-27(39)33-18-9-7-17(8-10-18)28(3,4)5)11-12-35(6)13-20-22(37)23(38)26(40-20)36-15-32-21-24(29)30-14-31-25(21)36/h7-10,14-16,19-20,22-23,26,37-38H,11-13H2,1-6H3,(H2,29,30,31)(H2,33,34,39)/t19-,20-,22-,23-,26-/m1/s1. The largest absolute Gasteiger partial charge is 0.387 e. The second-order valence-corrected chi connectivity index (χ2v) is 12.0. The lowest BCUT2D eigenvalue weighted by molar-refractivity contribution is -0.0423. The number of aliphatic hydroxyl groups is 2. The van der Waals surface area contributed by atoms with Crippen LogP contribution in [0.1, 0.15) is 52.8 Å². The van der Waals surface area contributed by atoms with Crippen molar-refractivity contribution in [2.75, 3.05) is 31.2 Å². The summed E-state index contributed by atoms with van der Waals surface area (Å²) in [6.45, 7) is 11.6. The fourth-order valence-corrected chi connectivity index (χ4v) is 4.89. The Morgan fingerprint density at radius 3 is 2.50 bits per heavy atom. The Kier molecular flexibility index (Phi) is 8.93. The van der Waals surface area contributed by atoms with Crippen molar-refractivity contribution in [1.29, 1.82) is 0 Å². The quantitative estimate of drug-likeness (QED) is 0.267. The zero-order chi connectivity index (χ0) is 29.2. The van der Waals surface area contributed by atoms with E-state index < -0.39 is 24.5 Å². The summed E-state index contributed by atoms with van der Waals surface area (Å²) in [6, 6.07) is 7.59. The molecule has 0 bridgehead atoms. The van der Waals surface area contributed by atoms with E-state index >= 15 is 0 Å². The lowest BCUT2D eigenvalue weighted by Crippen LogP contribution is -2.44. The number of nitrogens with two attached hydrogens (primary N) is 1. The van der Waals surface area contributed by atoms with E-state index in [-0.39, 0.29) is 29.2 Å². The number of carbonyl (C=O) groups is 1. The molecular weight excluding hydrogens is 512 g/mol. The molecular formula is C28H42N8O4. The van der Waals surface area contributed by atoms with Gasteiger partial charge in [0.2, 0.25) is 0 Å². The van der Waals surface area contributed by atoms with Gasteiger partial charge in [0.15, 0.2) is 17.7 Å². The molecule has 1 saturated heterocycles. The molecule has 5 atom stereocenters. The van der Waals surface area contributed by atoms with Crippen LogP contribution in [-0.2, 0) is 10.2 Å². The van der Waals surface area contributed by atoms with Gasteiger partial charge in [-0.15, -0.1) is 0 Å². The Labute approximate surface area is 235 Å². The first-order valence-electron chi connectivity index (χ1n) is 13.7. The topological polar surface area (TPSA) is 164 Å². The number of anilines is 2. The fourth-order valence-electron chi connectivity index (χ4n) is 4.89. The molecule has 2 aromatic heterocycles. The Morgan fingerprint density at radius 2 is 1.85 bits per heavy atom. The van der Waals surface area contributed by atoms with Gasteiger partial charge in [0.25, 0.3) is 0 Å². The van der Waals surface area contributed by atoms with Crippen LogP contribution < -0.4 is 16.4 Å². The maximum atomic E-state index is 12.7. The highest BCUT2D eigenvalue weighted by molar-refractivity contribution is 5.89. The summed E-state index contributed by atoms with van der Waals surface area (Å²) in [5.74, 6) is 0.444. The number of fused-ring (bicyclic) bond motifs is 1. The first kappa shape index (κ1) is 29.7. The SMILES string of the molecule is CC(C)[C@@H](CCN(C)C[C@H]1O[C@@H](n2cnc3c(N)ncnc32)[C@H](O)[C@@H]1O)NC(=O)Nc1ccc(C(C)(C)C)cc1. The summed E-state index contributed by atoms with van der Waals surface area (Å²) in [4.78, 5) is 27.1. The zero-order valence-electron chi connectivity index (χ0n) is 24.1. The average molecular weight is 555 g/mol. The zero-order valence-corrected chi connectivity index (χ0v) is 24.1. The number of likely N-dealkylation sites (N-methyl/N-ethyl adjacent to an activating group) is 1. The van der Waals surface area contributed by atoms with Gasteiger partial charge in [-0.25, -0.2) is 19.7 Å². The van der Waals surface area contributed by atoms with E-state index in [2.05, 4.69) is 60.2 Å². The van der Waals surface area contributed by atoms with E-state index in [1.165, 1.54) is 18.2 Å². The van der Waals surface area contributed by atoms with Crippen molar-refractivity contribution in [3.05, 3.63) is 42.5 Å². The Bertz CT molecular complexity index is 1290. The third kappa shape index (κ3) is 6.69. The molecule has 6 N–H and O–H groups in total. The van der Waals surface area contributed by atoms with Gasteiger partial charge in [-0.3, -0.25) is 4.57 Å². The number of amides is 2. The van der Waals surface area contributed by atoms with Gasteiger partial charge >= 0.3 is 6.03 Å². The monoisotopic (exact) mass is 554 g/mol. The molecule has 1 fully saturated rings. The Hall–Kier alpha value is -3.32. The minimum Gasteiger partial charge on any atom is -0.387 e. The number of nitrogen functional groups attached to an aromatic ring is 1. The van der Waals surface area contributed by atoms with Crippen LogP contribution >= 0.6 is 0 Å². The van der Waals surface area contributed by atoms with Crippen LogP contribution in [-0.4, -0.2) is 85.2 Å². The Balaban J connectivity index is 1.30. The lowest BCUT2D eigenvalue weighted by atomic mass is 9.87. The van der Waals surface area contributed by atoms with Gasteiger partial charge in [0, 0.05) is 18.3 Å². The fraction of sp³-hybridized carbons (Fsp3) is 0.571. The first-order chi connectivity index (χ1) is 18.8. The predicted octanol–water partition coefficient (Wildman–Crippen LogP) is 2.49. The van der Waals surface area contributed by atoms with Crippen molar-refractivity contribution in [3.63, 3.8) is 0 Å². The smallest absolute Gasteiger partial charge is 0.319 e. The second-order valence-electron chi connectivity index (χ2n) is 12.0. The van der Waals surface area contributed by atoms with Crippen molar-refractivity contribution in [2.45, 2.75) is 77.0 Å². The number of aliphatic hydroxyl groups excluding tert-OH is 2. The number of ether oxygens (including phenoxy) is 1. The third-order valence-corrected chi connectivity index (χ3v) is 7.44. The average Bonchev–Trinajstić information content (AvgIpc) is 3.43. The summed E-state index contributed by atoms with van der Waals surface area (Å²) in [5.41, 5.74) is 8.70. The number of carbonyl (C=O) groups excluding carboxylic acids is 1. The molecule has 0 saturated carbocycles. The normalized spacial score (nSPS) is 22.2. The molecule has 1 aliphatic heterocycles. The molecule has 218 valence electrons. The first-order valence-corrected chi connectivity index (χ1v) is 13.7. The molecule has 40 heavy (non-hydrogen) atoms. The van der Waals surface area contributed by atoms with Crippen LogP contribution in [0.15, 0.2) is 36.9 Å². The molecule has 0 unspecified atom stereocenters. The highest BCUT2D eigenvalue weighted by Crippen LogP contribution is 2.32. The molecule has 4 rings (SSSR count). The Morgan fingerprint density at radius 1 is 1.15 bits per heavy atom. The van der Waals surface area contributed by atoms with E-state index in [0.717, 1.165) is 5.69 Å². The number of hydrogen-bond acceptors (Lipinski definition) is 9. The highest BCUT2D eigenvalue weighted by Gasteiger charge is 2.44. The number of imidazole rings is 1. The van der Waals surface area contributed by atoms with Gasteiger partial charge in [-0.05, 0) is 49.0 Å². The third-order valence-electron chi connectivity index (χ3n) is 7.44. The predicted molar refractivity (Wildman–Crippen MR) is 154 cm³/mol. The number of nitrogens with zero attached hydrogens (tertiary/aromatic N) is 5. The second kappa shape index (κ2) is 12.0. The molecule has 1 aromatic carbocycles. The molecule has 3 heterocycles. The van der Waals surface area contributed by atoms with E-state index in [1.54, 1.807) is 4.57 Å². The molecule has 0 spiro atoms. The number of hydrogen-bond donors (Lipinski definition) is 5. The molecule has 12 nitrogen and oxygen atoms in total. The van der Waals surface area contributed by atoms with Crippen LogP contribution in [0.4, 0.5) is 16.3 Å². The van der Waals surface area contributed by atoms with Crippen LogP contribution in [0.2, 0.25) is 0 Å². The van der Waals surface area contributed by atoms with Crippen molar-refractivity contribution < 1.29 is 19.7 Å². The lowest BCUT2D eigenvalue weighted by Gasteiger charge is -2.27. The van der Waals surface area contributed by atoms with Gasteiger partial charge in [-0.1, -0.05) is 46.8 Å². The van der Waals surface area contributed by atoms with E-state index in [0.29, 0.717) is 30.7 Å². The molecule has 1 aliphatic rings. The molecule has 12 heteroatoms. The van der Waals surface area contributed by atoms with Crippen molar-refractivity contribution in [3.8, 4) is 0 Å². The summed E-state index contributed by atoms with van der Waals surface area (Å²) in [7, 11) is 1.92. The van der Waals surface area contributed by atoms with Gasteiger partial charge in [0.1, 0.15) is 30.2 Å². The van der Waals surface area contributed by atoms with Crippen LogP contribution in [0.5, 0.6) is 0 Å². The summed E-state index contributed by atoms with van der Waals surface area (Å²) in [5, 5.41) is 27.5. The maximum Gasteiger partial charge on any atom is 0.319 e. The van der Waals surface area contributed by atoms with Gasteiger partial charge in [0.05, 0.1) is 6.33 Å². The van der Waals surface area contributed by atoms with Crippen LogP contribution in [0.25, 0.3) is 11.2 Å². The molecule has 2 amide bonds. The number of nitrogens with one attached hydrogen (secondary N) is 2. The molecule has 0 aliphatic carbocycles. The van der Waals surface area contributed by atoms with Gasteiger partial charge in [-0.2, -0.15) is 0 Å². The van der Waals surface area contributed by atoms with Crippen molar-refractivity contribution in [2.24, 2.45) is 5.92 Å². The van der Waals surface area contributed by atoms with Crippen molar-refractivity contribution in [1.82, 2.24) is 29.7 Å². The summed E-state index contributed by atoms with van der Waals surface area (Å²) < 4.78 is 7.63. The minimum absolute atomic E-state index is 0.0471. The number of rotatable bonds is 9.